The van der Waals surface area contributed by atoms with Crippen molar-refractivity contribution in [3.63, 3.8) is 0 Å². The van der Waals surface area contributed by atoms with Crippen LogP contribution in [0.25, 0.3) is 0 Å². The van der Waals surface area contributed by atoms with Gasteiger partial charge in [0.05, 0.1) is 5.69 Å². The number of phenolic OH excluding ortho intramolecular Hbond substituents is 1. The molecule has 0 atom stereocenters. The molecule has 1 aliphatic rings. The summed E-state index contributed by atoms with van der Waals surface area (Å²) in [5, 5.41) is 10.1. The van der Waals surface area contributed by atoms with Crippen LogP contribution in [0.15, 0.2) is 46.0 Å². The molecule has 0 saturated carbocycles. The lowest BCUT2D eigenvalue weighted by atomic mass is 10.0. The quantitative estimate of drug-likeness (QED) is 0.884. The minimum absolute atomic E-state index is 0.0151. The first-order valence-corrected chi connectivity index (χ1v) is 8.67. The van der Waals surface area contributed by atoms with E-state index in [9.17, 15) is 13.5 Å². The molecule has 2 aromatic rings. The van der Waals surface area contributed by atoms with E-state index in [2.05, 4.69) is 20.9 Å². The van der Waals surface area contributed by atoms with E-state index in [-0.39, 0.29) is 10.6 Å². The first kappa shape index (κ1) is 14.3. The van der Waals surface area contributed by atoms with Gasteiger partial charge >= 0.3 is 0 Å². The summed E-state index contributed by atoms with van der Waals surface area (Å²) in [5.74, 6) is -0.0151. The third-order valence-electron chi connectivity index (χ3n) is 3.42. The second-order valence-electron chi connectivity index (χ2n) is 4.80. The maximum absolute atomic E-state index is 12.8. The first-order chi connectivity index (χ1) is 10.00. The number of aryl methyl sites for hydroxylation is 1. The Kier molecular flexibility index (Phi) is 3.62. The summed E-state index contributed by atoms with van der Waals surface area (Å²) in [6, 6.07) is 6.59. The number of phenols is 1. The second-order valence-corrected chi connectivity index (χ2v) is 7.58. The van der Waals surface area contributed by atoms with E-state index < -0.39 is 10.0 Å². The van der Waals surface area contributed by atoms with Crippen LogP contribution in [0.2, 0.25) is 0 Å². The van der Waals surface area contributed by atoms with Crippen LogP contribution in [-0.4, -0.2) is 25.1 Å². The number of pyridine rings is 1. The predicted molar refractivity (Wildman–Crippen MR) is 82.9 cm³/mol. The van der Waals surface area contributed by atoms with Crippen LogP contribution in [0.1, 0.15) is 12.0 Å². The molecule has 5 nitrogen and oxygen atoms in total. The molecule has 0 saturated heterocycles. The highest BCUT2D eigenvalue weighted by atomic mass is 79.9. The van der Waals surface area contributed by atoms with Crippen molar-refractivity contribution in [3.05, 3.63) is 46.7 Å². The molecule has 1 aromatic carbocycles. The standard InChI is InChI=1S/C14H13BrN2O3S/c15-11-7-12(9-16-8-11)21(19,20)17-6-2-4-10-3-1-5-13(18)14(10)17/h1,3,5,7-9,18H,2,4,6H2. The lowest BCUT2D eigenvalue weighted by Crippen LogP contribution is -2.35. The Morgan fingerprint density at radius 2 is 2.10 bits per heavy atom. The van der Waals surface area contributed by atoms with Crippen molar-refractivity contribution in [1.29, 1.82) is 0 Å². The van der Waals surface area contributed by atoms with Crippen molar-refractivity contribution in [2.75, 3.05) is 10.8 Å². The number of hydrogen-bond acceptors (Lipinski definition) is 4. The van der Waals surface area contributed by atoms with Gasteiger partial charge in [-0.2, -0.15) is 0 Å². The second kappa shape index (κ2) is 5.31. The summed E-state index contributed by atoms with van der Waals surface area (Å²) in [4.78, 5) is 4.01. The normalized spacial score (nSPS) is 14.8. The average Bonchev–Trinajstić information content (AvgIpc) is 2.47. The number of para-hydroxylation sites is 1. The molecule has 2 heterocycles. The van der Waals surface area contributed by atoms with Crippen LogP contribution in [0.3, 0.4) is 0 Å². The Morgan fingerprint density at radius 3 is 2.86 bits per heavy atom. The number of sulfonamides is 1. The third kappa shape index (κ3) is 2.51. The number of hydrogen-bond donors (Lipinski definition) is 1. The van der Waals surface area contributed by atoms with Gasteiger partial charge < -0.3 is 5.11 Å². The van der Waals surface area contributed by atoms with E-state index >= 15 is 0 Å². The fraction of sp³-hybridized carbons (Fsp3) is 0.214. The molecule has 0 aliphatic carbocycles. The van der Waals surface area contributed by atoms with Crippen LogP contribution >= 0.6 is 15.9 Å². The van der Waals surface area contributed by atoms with Crippen molar-refractivity contribution in [2.45, 2.75) is 17.7 Å². The molecule has 3 rings (SSSR count). The smallest absolute Gasteiger partial charge is 0.266 e. The summed E-state index contributed by atoms with van der Waals surface area (Å²) in [6.07, 6.45) is 4.32. The van der Waals surface area contributed by atoms with E-state index in [0.717, 1.165) is 18.4 Å². The van der Waals surface area contributed by atoms with Gasteiger partial charge in [0.2, 0.25) is 0 Å². The summed E-state index contributed by atoms with van der Waals surface area (Å²) in [5.41, 5.74) is 1.22. The number of aromatic hydroxyl groups is 1. The summed E-state index contributed by atoms with van der Waals surface area (Å²) < 4.78 is 27.5. The molecule has 7 heteroatoms. The van der Waals surface area contributed by atoms with E-state index in [1.165, 1.54) is 28.8 Å². The van der Waals surface area contributed by atoms with Crippen LogP contribution in [-0.2, 0) is 16.4 Å². The molecule has 1 aromatic heterocycles. The molecule has 1 aliphatic heterocycles. The van der Waals surface area contributed by atoms with Gasteiger partial charge in [-0.1, -0.05) is 12.1 Å². The van der Waals surface area contributed by atoms with E-state index in [1.807, 2.05) is 6.07 Å². The van der Waals surface area contributed by atoms with Gasteiger partial charge in [-0.05, 0) is 46.5 Å². The maximum atomic E-state index is 12.8. The van der Waals surface area contributed by atoms with Gasteiger partial charge in [-0.25, -0.2) is 8.42 Å². The zero-order valence-corrected chi connectivity index (χ0v) is 13.4. The number of benzene rings is 1. The highest BCUT2D eigenvalue weighted by Crippen LogP contribution is 2.38. The average molecular weight is 369 g/mol. The molecule has 0 spiro atoms. The Bertz CT molecular complexity index is 793. The molecular formula is C14H13BrN2O3S. The number of aromatic nitrogens is 1. The largest absolute Gasteiger partial charge is 0.506 e. The van der Waals surface area contributed by atoms with Crippen LogP contribution in [0.4, 0.5) is 5.69 Å². The molecule has 0 amide bonds. The van der Waals surface area contributed by atoms with Gasteiger partial charge in [0.15, 0.2) is 0 Å². The summed E-state index contributed by atoms with van der Waals surface area (Å²) in [6.45, 7) is 0.347. The fourth-order valence-corrected chi connectivity index (χ4v) is 4.55. The lowest BCUT2D eigenvalue weighted by molar-refractivity contribution is 0.472. The Morgan fingerprint density at radius 1 is 1.29 bits per heavy atom. The lowest BCUT2D eigenvalue weighted by Gasteiger charge is -2.30. The maximum Gasteiger partial charge on any atom is 0.266 e. The number of fused-ring (bicyclic) bond motifs is 1. The molecule has 0 bridgehead atoms. The van der Waals surface area contributed by atoms with Gasteiger partial charge in [0.25, 0.3) is 10.0 Å². The summed E-state index contributed by atoms with van der Waals surface area (Å²) in [7, 11) is -3.74. The van der Waals surface area contributed by atoms with Gasteiger partial charge in [0.1, 0.15) is 10.6 Å². The molecule has 21 heavy (non-hydrogen) atoms. The number of anilines is 1. The van der Waals surface area contributed by atoms with Crippen molar-refractivity contribution >= 4 is 31.6 Å². The zero-order chi connectivity index (χ0) is 15.0. The highest BCUT2D eigenvalue weighted by Gasteiger charge is 2.31. The topological polar surface area (TPSA) is 70.5 Å². The third-order valence-corrected chi connectivity index (χ3v) is 5.62. The van der Waals surface area contributed by atoms with E-state index in [4.69, 9.17) is 0 Å². The molecule has 0 radical (unpaired) electrons. The monoisotopic (exact) mass is 368 g/mol. The Labute approximate surface area is 131 Å². The molecular weight excluding hydrogens is 356 g/mol. The summed E-state index contributed by atoms with van der Waals surface area (Å²) >= 11 is 3.23. The fourth-order valence-electron chi connectivity index (χ4n) is 2.49. The van der Waals surface area contributed by atoms with Crippen molar-refractivity contribution < 1.29 is 13.5 Å². The minimum Gasteiger partial charge on any atom is -0.506 e. The zero-order valence-electron chi connectivity index (χ0n) is 11.0. The van der Waals surface area contributed by atoms with E-state index in [0.29, 0.717) is 16.7 Å². The Hall–Kier alpha value is -1.60. The SMILES string of the molecule is O=S(=O)(c1cncc(Br)c1)N1CCCc2cccc(O)c21. The number of halogens is 1. The molecule has 0 unspecified atom stereocenters. The highest BCUT2D eigenvalue weighted by molar-refractivity contribution is 9.10. The van der Waals surface area contributed by atoms with Crippen LogP contribution in [0, 0.1) is 0 Å². The van der Waals surface area contributed by atoms with Crippen molar-refractivity contribution in [3.8, 4) is 5.75 Å². The minimum atomic E-state index is -3.74. The van der Waals surface area contributed by atoms with Gasteiger partial charge in [-0.15, -0.1) is 0 Å². The van der Waals surface area contributed by atoms with Gasteiger partial charge in [-0.3, -0.25) is 9.29 Å². The molecule has 110 valence electrons. The van der Waals surface area contributed by atoms with Crippen LogP contribution < -0.4 is 4.31 Å². The molecule has 0 fully saturated rings. The van der Waals surface area contributed by atoms with Crippen molar-refractivity contribution in [1.82, 2.24) is 4.98 Å². The number of rotatable bonds is 2. The molecule has 1 N–H and O–H groups in total. The number of nitrogens with zero attached hydrogens (tertiary/aromatic N) is 2. The Balaban J connectivity index is 2.14. The van der Waals surface area contributed by atoms with E-state index in [1.54, 1.807) is 6.07 Å². The van der Waals surface area contributed by atoms with Gasteiger partial charge in [0, 0.05) is 23.4 Å². The van der Waals surface area contributed by atoms with Crippen molar-refractivity contribution in [2.24, 2.45) is 0 Å². The van der Waals surface area contributed by atoms with Crippen LogP contribution in [0.5, 0.6) is 5.75 Å². The first-order valence-electron chi connectivity index (χ1n) is 6.44. The predicted octanol–water partition coefficient (Wildman–Crippen LogP) is 2.69.